The Morgan fingerprint density at radius 2 is 1.86 bits per heavy atom. The molecule has 2 aromatic carbocycles. The van der Waals surface area contributed by atoms with Crippen molar-refractivity contribution >= 4 is 6.03 Å². The number of hydrogen-bond acceptors (Lipinski definition) is 3. The van der Waals surface area contributed by atoms with E-state index in [0.717, 1.165) is 31.0 Å². The molecule has 0 bridgehead atoms. The average Bonchev–Trinajstić information content (AvgIpc) is 2.73. The molecule has 2 amide bonds. The number of urea groups is 1. The van der Waals surface area contributed by atoms with Crippen LogP contribution in [0.1, 0.15) is 35.2 Å². The Labute approximate surface area is 173 Å². The summed E-state index contributed by atoms with van der Waals surface area (Å²) in [4.78, 5) is 13.5. The Hall–Kier alpha value is -2.73. The van der Waals surface area contributed by atoms with Crippen LogP contribution in [0.4, 0.5) is 4.79 Å². The molecule has 29 heavy (non-hydrogen) atoms. The zero-order valence-corrected chi connectivity index (χ0v) is 17.8. The molecule has 3 rings (SSSR count). The zero-order chi connectivity index (χ0) is 20.8. The molecule has 0 saturated heterocycles. The summed E-state index contributed by atoms with van der Waals surface area (Å²) < 4.78 is 11.0. The first-order chi connectivity index (χ1) is 14.1. The number of nitrogens with one attached hydrogen (secondary N) is 3. The van der Waals surface area contributed by atoms with Crippen molar-refractivity contribution in [2.45, 2.75) is 32.9 Å². The van der Waals surface area contributed by atoms with Crippen LogP contribution in [0.5, 0.6) is 11.5 Å². The Bertz CT molecular complexity index is 853. The van der Waals surface area contributed by atoms with E-state index in [4.69, 9.17) is 9.47 Å². The maximum Gasteiger partial charge on any atom is 0.315 e. The van der Waals surface area contributed by atoms with Crippen LogP contribution in [0.25, 0.3) is 0 Å². The minimum Gasteiger partial charge on any atom is -0.493 e. The summed E-state index contributed by atoms with van der Waals surface area (Å²) in [7, 11) is 3.32. The van der Waals surface area contributed by atoms with Gasteiger partial charge in [0.1, 0.15) is 12.6 Å². The van der Waals surface area contributed by atoms with E-state index in [2.05, 4.69) is 54.0 Å². The molecule has 2 atom stereocenters. The van der Waals surface area contributed by atoms with E-state index in [1.165, 1.54) is 27.2 Å². The van der Waals surface area contributed by atoms with Gasteiger partial charge in [-0.3, -0.25) is 0 Å². The first-order valence-corrected chi connectivity index (χ1v) is 10.2. The smallest absolute Gasteiger partial charge is 0.315 e. The van der Waals surface area contributed by atoms with Crippen molar-refractivity contribution in [1.82, 2.24) is 10.6 Å². The predicted molar refractivity (Wildman–Crippen MR) is 114 cm³/mol. The van der Waals surface area contributed by atoms with Gasteiger partial charge in [-0.1, -0.05) is 24.3 Å². The highest BCUT2D eigenvalue weighted by Crippen LogP contribution is 2.34. The van der Waals surface area contributed by atoms with Gasteiger partial charge in [-0.2, -0.15) is 0 Å². The van der Waals surface area contributed by atoms with Gasteiger partial charge in [-0.15, -0.1) is 0 Å². The molecule has 0 fully saturated rings. The predicted octanol–water partition coefficient (Wildman–Crippen LogP) is 2.01. The second kappa shape index (κ2) is 9.65. The molecular formula is C23H32N3O3+. The monoisotopic (exact) mass is 398 g/mol. The number of aryl methyl sites for hydroxylation is 1. The van der Waals surface area contributed by atoms with Gasteiger partial charge in [-0.05, 0) is 37.1 Å². The molecule has 0 aromatic heterocycles. The third kappa shape index (κ3) is 4.82. The van der Waals surface area contributed by atoms with Gasteiger partial charge in [0.15, 0.2) is 11.5 Å². The molecule has 1 heterocycles. The van der Waals surface area contributed by atoms with Crippen LogP contribution in [0.15, 0.2) is 36.4 Å². The second-order valence-electron chi connectivity index (χ2n) is 7.46. The number of carbonyl (C=O) groups is 1. The van der Waals surface area contributed by atoms with Crippen LogP contribution >= 0.6 is 0 Å². The van der Waals surface area contributed by atoms with Crippen LogP contribution in [0, 0.1) is 6.92 Å². The van der Waals surface area contributed by atoms with E-state index in [-0.39, 0.29) is 12.1 Å². The molecule has 1 unspecified atom stereocenters. The SMILES string of the molecule is CCNC(=O)NC[C@H]1c2cc(OC)c(OC)cc2CC[NH+]1Cc1ccccc1C. The number of carbonyl (C=O) groups excluding carboxylic acids is 1. The van der Waals surface area contributed by atoms with Crippen molar-refractivity contribution in [3.8, 4) is 11.5 Å². The number of benzene rings is 2. The molecule has 1 aliphatic rings. The summed E-state index contributed by atoms with van der Waals surface area (Å²) >= 11 is 0. The van der Waals surface area contributed by atoms with Gasteiger partial charge in [0.2, 0.25) is 0 Å². The molecule has 1 aliphatic heterocycles. The average molecular weight is 399 g/mol. The highest BCUT2D eigenvalue weighted by atomic mass is 16.5. The third-order valence-electron chi connectivity index (χ3n) is 5.71. The Balaban J connectivity index is 1.92. The number of methoxy groups -OCH3 is 2. The van der Waals surface area contributed by atoms with Crippen LogP contribution < -0.4 is 25.0 Å². The summed E-state index contributed by atoms with van der Waals surface area (Å²) in [6, 6.07) is 12.7. The third-order valence-corrected chi connectivity index (χ3v) is 5.71. The fraction of sp³-hybridized carbons (Fsp3) is 0.435. The lowest BCUT2D eigenvalue weighted by Crippen LogP contribution is -3.12. The van der Waals surface area contributed by atoms with E-state index in [1.54, 1.807) is 14.2 Å². The molecule has 3 N–H and O–H groups in total. The van der Waals surface area contributed by atoms with Crippen molar-refractivity contribution in [2.24, 2.45) is 0 Å². The summed E-state index contributed by atoms with van der Waals surface area (Å²) in [6.45, 7) is 7.17. The summed E-state index contributed by atoms with van der Waals surface area (Å²) in [5, 5.41) is 5.87. The van der Waals surface area contributed by atoms with Crippen molar-refractivity contribution in [3.63, 3.8) is 0 Å². The van der Waals surface area contributed by atoms with E-state index in [0.29, 0.717) is 13.1 Å². The fourth-order valence-electron chi connectivity index (χ4n) is 4.10. The minimum absolute atomic E-state index is 0.129. The Morgan fingerprint density at radius 1 is 1.14 bits per heavy atom. The standard InChI is InChI=1S/C23H31N3O3/c1-5-24-23(27)25-14-20-19-13-22(29-4)21(28-3)12-17(19)10-11-26(20)15-18-9-7-6-8-16(18)2/h6-9,12-13,20H,5,10-11,14-15H2,1-4H3,(H2,24,25,27)/p+1/t20-/m0/s1. The van der Waals surface area contributed by atoms with Gasteiger partial charge in [0, 0.05) is 24.1 Å². The second-order valence-corrected chi connectivity index (χ2v) is 7.46. The minimum atomic E-state index is -0.129. The van der Waals surface area contributed by atoms with Crippen molar-refractivity contribution in [2.75, 3.05) is 33.9 Å². The maximum absolute atomic E-state index is 12.1. The lowest BCUT2D eigenvalue weighted by atomic mass is 9.91. The van der Waals surface area contributed by atoms with Crippen molar-refractivity contribution in [1.29, 1.82) is 0 Å². The van der Waals surface area contributed by atoms with E-state index < -0.39 is 0 Å². The molecule has 0 radical (unpaired) electrons. The number of ether oxygens (including phenoxy) is 2. The highest BCUT2D eigenvalue weighted by molar-refractivity contribution is 5.73. The number of fused-ring (bicyclic) bond motifs is 1. The summed E-state index contributed by atoms with van der Waals surface area (Å²) in [5.41, 5.74) is 5.12. The van der Waals surface area contributed by atoms with Crippen LogP contribution in [0.3, 0.4) is 0 Å². The Kier molecular flexibility index (Phi) is 6.99. The lowest BCUT2D eigenvalue weighted by Gasteiger charge is -2.35. The van der Waals surface area contributed by atoms with Crippen LogP contribution in [-0.2, 0) is 13.0 Å². The highest BCUT2D eigenvalue weighted by Gasteiger charge is 2.33. The molecule has 0 aliphatic carbocycles. The van der Waals surface area contributed by atoms with Gasteiger partial charge >= 0.3 is 6.03 Å². The number of amides is 2. The van der Waals surface area contributed by atoms with Gasteiger partial charge in [-0.25, -0.2) is 4.79 Å². The largest absolute Gasteiger partial charge is 0.493 e. The molecule has 6 nitrogen and oxygen atoms in total. The molecule has 156 valence electrons. The first kappa shape index (κ1) is 21.0. The summed E-state index contributed by atoms with van der Waals surface area (Å²) in [5.74, 6) is 1.48. The van der Waals surface area contributed by atoms with Crippen molar-refractivity contribution < 1.29 is 19.2 Å². The number of quaternary nitrogens is 1. The topological polar surface area (TPSA) is 64.0 Å². The molecule has 0 spiro atoms. The molecule has 0 saturated carbocycles. The van der Waals surface area contributed by atoms with E-state index in [9.17, 15) is 4.79 Å². The fourth-order valence-corrected chi connectivity index (χ4v) is 4.10. The van der Waals surface area contributed by atoms with E-state index >= 15 is 0 Å². The maximum atomic E-state index is 12.1. The molecule has 6 heteroatoms. The normalized spacial score (nSPS) is 17.9. The molecular weight excluding hydrogens is 366 g/mol. The number of hydrogen-bond donors (Lipinski definition) is 3. The first-order valence-electron chi connectivity index (χ1n) is 10.2. The zero-order valence-electron chi connectivity index (χ0n) is 17.8. The van der Waals surface area contributed by atoms with E-state index in [1.807, 2.05) is 6.92 Å². The molecule has 2 aromatic rings. The quantitative estimate of drug-likeness (QED) is 0.669. The Morgan fingerprint density at radius 3 is 2.55 bits per heavy atom. The van der Waals surface area contributed by atoms with Crippen LogP contribution in [0.2, 0.25) is 0 Å². The van der Waals surface area contributed by atoms with Gasteiger partial charge < -0.3 is 25.0 Å². The van der Waals surface area contributed by atoms with Crippen LogP contribution in [-0.4, -0.2) is 39.9 Å². The summed E-state index contributed by atoms with van der Waals surface area (Å²) in [6.07, 6.45) is 0.967. The number of rotatable bonds is 7. The van der Waals surface area contributed by atoms with Gasteiger partial charge in [0.05, 0.1) is 27.3 Å². The van der Waals surface area contributed by atoms with Crippen molar-refractivity contribution in [3.05, 3.63) is 58.7 Å². The lowest BCUT2D eigenvalue weighted by molar-refractivity contribution is -0.945. The van der Waals surface area contributed by atoms with Gasteiger partial charge in [0.25, 0.3) is 0 Å².